The zero-order valence-corrected chi connectivity index (χ0v) is 21.5. The molecule has 1 saturated heterocycles. The first kappa shape index (κ1) is 25.1. The first-order chi connectivity index (χ1) is 15.4. The number of hydrogen-bond donors (Lipinski definition) is 0. The van der Waals surface area contributed by atoms with Crippen molar-refractivity contribution in [3.8, 4) is 11.5 Å². The molecule has 0 saturated carbocycles. The van der Waals surface area contributed by atoms with Crippen molar-refractivity contribution in [1.82, 2.24) is 0 Å². The van der Waals surface area contributed by atoms with Crippen LogP contribution in [0.5, 0.6) is 11.5 Å². The Morgan fingerprint density at radius 1 is 1.09 bits per heavy atom. The van der Waals surface area contributed by atoms with Crippen molar-refractivity contribution >= 4 is 45.5 Å². The molecular formula is C25H26BrClO6. The molecule has 0 atom stereocenters. The zero-order valence-electron chi connectivity index (χ0n) is 19.2. The highest BCUT2D eigenvalue weighted by Crippen LogP contribution is 2.41. The molecule has 0 amide bonds. The van der Waals surface area contributed by atoms with Crippen LogP contribution < -0.4 is 9.47 Å². The van der Waals surface area contributed by atoms with E-state index in [2.05, 4.69) is 15.9 Å². The number of esters is 2. The predicted octanol–water partition coefficient (Wildman–Crippen LogP) is 6.33. The van der Waals surface area contributed by atoms with Crippen molar-refractivity contribution in [3.05, 3.63) is 62.6 Å². The second-order valence-electron chi connectivity index (χ2n) is 8.68. The number of benzene rings is 2. The largest absolute Gasteiger partial charge is 0.490 e. The Labute approximate surface area is 206 Å². The summed E-state index contributed by atoms with van der Waals surface area (Å²) in [5, 5.41) is 0.601. The van der Waals surface area contributed by atoms with Gasteiger partial charge in [-0.25, -0.2) is 9.59 Å². The molecule has 1 fully saturated rings. The Morgan fingerprint density at radius 2 is 1.73 bits per heavy atom. The molecule has 0 radical (unpaired) electrons. The van der Waals surface area contributed by atoms with E-state index in [-0.39, 0.29) is 12.2 Å². The molecule has 3 rings (SSSR count). The van der Waals surface area contributed by atoms with Crippen LogP contribution in [0.3, 0.4) is 0 Å². The van der Waals surface area contributed by atoms with Crippen LogP contribution in [0.2, 0.25) is 5.02 Å². The van der Waals surface area contributed by atoms with Crippen molar-refractivity contribution in [3.63, 3.8) is 0 Å². The number of hydrogen-bond acceptors (Lipinski definition) is 6. The van der Waals surface area contributed by atoms with Gasteiger partial charge in [0.1, 0.15) is 12.2 Å². The van der Waals surface area contributed by atoms with E-state index in [0.717, 1.165) is 5.56 Å². The molecule has 176 valence electrons. The standard InChI is InChI=1S/C25H26BrClO6/c1-6-30-20-13-15(11-17-22(28)32-25(5,24(2,3)4)33-23(17)29)12-18(26)21(20)31-14-16-9-7-8-10-19(16)27/h7-13H,6,14H2,1-5H3. The Kier molecular flexibility index (Phi) is 7.44. The molecule has 0 aromatic heterocycles. The van der Waals surface area contributed by atoms with Gasteiger partial charge in [0.2, 0.25) is 0 Å². The van der Waals surface area contributed by atoms with Crippen LogP contribution in [0.15, 0.2) is 46.4 Å². The molecule has 1 heterocycles. The van der Waals surface area contributed by atoms with Gasteiger partial charge in [-0.05, 0) is 52.7 Å². The molecule has 0 unspecified atom stereocenters. The lowest BCUT2D eigenvalue weighted by Gasteiger charge is -2.42. The minimum Gasteiger partial charge on any atom is -0.490 e. The number of cyclic esters (lactones) is 2. The summed E-state index contributed by atoms with van der Waals surface area (Å²) in [7, 11) is 0. The molecule has 1 aliphatic heterocycles. The maximum atomic E-state index is 12.7. The van der Waals surface area contributed by atoms with Crippen molar-refractivity contribution < 1.29 is 28.5 Å². The Balaban J connectivity index is 1.90. The average Bonchev–Trinajstić information content (AvgIpc) is 2.71. The lowest BCUT2D eigenvalue weighted by molar-refractivity contribution is -0.261. The fraction of sp³-hybridized carbons (Fsp3) is 0.360. The predicted molar refractivity (Wildman–Crippen MR) is 129 cm³/mol. The van der Waals surface area contributed by atoms with Gasteiger partial charge in [0.15, 0.2) is 11.5 Å². The summed E-state index contributed by atoms with van der Waals surface area (Å²) in [5.41, 5.74) is 0.583. The zero-order chi connectivity index (χ0) is 24.4. The summed E-state index contributed by atoms with van der Waals surface area (Å²) in [6.07, 6.45) is 1.41. The fourth-order valence-electron chi connectivity index (χ4n) is 3.00. The van der Waals surface area contributed by atoms with E-state index in [4.69, 9.17) is 30.5 Å². The Morgan fingerprint density at radius 3 is 2.30 bits per heavy atom. The molecule has 0 bridgehead atoms. The van der Waals surface area contributed by atoms with Crippen LogP contribution in [-0.4, -0.2) is 24.3 Å². The summed E-state index contributed by atoms with van der Waals surface area (Å²) in [5.74, 6) is -1.91. The SMILES string of the molecule is CCOc1cc(C=C2C(=O)OC(C)(C(C)(C)C)OC2=O)cc(Br)c1OCc1ccccc1Cl. The molecule has 0 spiro atoms. The number of carbonyl (C=O) groups is 2. The van der Waals surface area contributed by atoms with Crippen molar-refractivity contribution in [1.29, 1.82) is 0 Å². The normalized spacial score (nSPS) is 18.5. The van der Waals surface area contributed by atoms with Gasteiger partial charge in [0.05, 0.1) is 11.1 Å². The molecule has 0 aliphatic carbocycles. The van der Waals surface area contributed by atoms with E-state index in [1.54, 1.807) is 25.1 Å². The number of carbonyl (C=O) groups excluding carboxylic acids is 2. The van der Waals surface area contributed by atoms with E-state index >= 15 is 0 Å². The lowest BCUT2D eigenvalue weighted by atomic mass is 9.85. The number of halogens is 2. The third-order valence-corrected chi connectivity index (χ3v) is 6.31. The highest BCUT2D eigenvalue weighted by atomic mass is 79.9. The van der Waals surface area contributed by atoms with Crippen LogP contribution in [-0.2, 0) is 25.7 Å². The van der Waals surface area contributed by atoms with Gasteiger partial charge in [0.25, 0.3) is 5.79 Å². The van der Waals surface area contributed by atoms with Gasteiger partial charge in [-0.3, -0.25) is 0 Å². The quantitative estimate of drug-likeness (QED) is 0.244. The van der Waals surface area contributed by atoms with Gasteiger partial charge in [-0.15, -0.1) is 0 Å². The third kappa shape index (κ3) is 5.53. The highest BCUT2D eigenvalue weighted by Gasteiger charge is 2.50. The molecule has 0 N–H and O–H groups in total. The second kappa shape index (κ2) is 9.77. The smallest absolute Gasteiger partial charge is 0.348 e. The minimum atomic E-state index is -1.36. The number of ether oxygens (including phenoxy) is 4. The molecular weight excluding hydrogens is 512 g/mol. The maximum absolute atomic E-state index is 12.7. The van der Waals surface area contributed by atoms with Gasteiger partial charge < -0.3 is 18.9 Å². The third-order valence-electron chi connectivity index (χ3n) is 5.35. The van der Waals surface area contributed by atoms with E-state index in [0.29, 0.717) is 33.2 Å². The van der Waals surface area contributed by atoms with Crippen molar-refractivity contribution in [2.45, 2.75) is 47.0 Å². The Hall–Kier alpha value is -2.51. The highest BCUT2D eigenvalue weighted by molar-refractivity contribution is 9.10. The first-order valence-corrected chi connectivity index (χ1v) is 11.6. The lowest BCUT2D eigenvalue weighted by Crippen LogP contribution is -2.52. The average molecular weight is 538 g/mol. The Bertz CT molecular complexity index is 1080. The first-order valence-electron chi connectivity index (χ1n) is 10.5. The van der Waals surface area contributed by atoms with Gasteiger partial charge in [-0.1, -0.05) is 50.6 Å². The minimum absolute atomic E-state index is 0.198. The molecule has 2 aromatic rings. The van der Waals surface area contributed by atoms with Crippen LogP contribution in [0.4, 0.5) is 0 Å². The van der Waals surface area contributed by atoms with E-state index < -0.39 is 23.1 Å². The van der Waals surface area contributed by atoms with Crippen LogP contribution >= 0.6 is 27.5 Å². The van der Waals surface area contributed by atoms with Crippen LogP contribution in [0.25, 0.3) is 6.08 Å². The summed E-state index contributed by atoms with van der Waals surface area (Å²) >= 11 is 9.72. The van der Waals surface area contributed by atoms with Gasteiger partial charge in [-0.2, -0.15) is 0 Å². The summed E-state index contributed by atoms with van der Waals surface area (Å²) in [6, 6.07) is 10.8. The fourth-order valence-corrected chi connectivity index (χ4v) is 3.76. The monoisotopic (exact) mass is 536 g/mol. The van der Waals surface area contributed by atoms with Gasteiger partial charge in [0, 0.05) is 22.9 Å². The maximum Gasteiger partial charge on any atom is 0.348 e. The van der Waals surface area contributed by atoms with Crippen molar-refractivity contribution in [2.75, 3.05) is 6.61 Å². The van der Waals surface area contributed by atoms with E-state index in [1.807, 2.05) is 45.9 Å². The van der Waals surface area contributed by atoms with Crippen LogP contribution in [0, 0.1) is 5.41 Å². The molecule has 2 aromatic carbocycles. The summed E-state index contributed by atoms with van der Waals surface area (Å²) < 4.78 is 23.3. The summed E-state index contributed by atoms with van der Waals surface area (Å²) in [6.45, 7) is 9.54. The van der Waals surface area contributed by atoms with E-state index in [9.17, 15) is 9.59 Å². The summed E-state index contributed by atoms with van der Waals surface area (Å²) in [4.78, 5) is 25.3. The molecule has 1 aliphatic rings. The van der Waals surface area contributed by atoms with E-state index in [1.165, 1.54) is 6.08 Å². The van der Waals surface area contributed by atoms with Crippen molar-refractivity contribution in [2.24, 2.45) is 5.41 Å². The second-order valence-corrected chi connectivity index (χ2v) is 9.94. The number of rotatable bonds is 6. The van der Waals surface area contributed by atoms with Crippen LogP contribution in [0.1, 0.15) is 45.7 Å². The topological polar surface area (TPSA) is 71.1 Å². The van der Waals surface area contributed by atoms with Gasteiger partial charge >= 0.3 is 11.9 Å². The molecule has 6 nitrogen and oxygen atoms in total. The molecule has 8 heteroatoms. The molecule has 33 heavy (non-hydrogen) atoms.